The highest BCUT2D eigenvalue weighted by atomic mass is 32.2. The molecule has 0 saturated carbocycles. The molecule has 2 aromatic rings. The number of benzene rings is 2. The molecule has 0 spiro atoms. The van der Waals surface area contributed by atoms with Crippen LogP contribution in [0.2, 0.25) is 0 Å². The highest BCUT2D eigenvalue weighted by Crippen LogP contribution is 2.38. The van der Waals surface area contributed by atoms with Gasteiger partial charge in [0.15, 0.2) is 15.6 Å². The van der Waals surface area contributed by atoms with Crippen molar-refractivity contribution in [2.24, 2.45) is 5.11 Å². The Labute approximate surface area is 98.1 Å². The van der Waals surface area contributed by atoms with Crippen molar-refractivity contribution < 1.29 is 13.5 Å². The molecule has 0 aliphatic carbocycles. The number of hydrogen-bond donors (Lipinski definition) is 2. The number of fused-ring (bicyclic) bond motifs is 1. The molecular formula is C11H10N2O3S. The van der Waals surface area contributed by atoms with Gasteiger partial charge in [-0.2, -0.15) is 5.11 Å². The topological polar surface area (TPSA) is 90.6 Å². The fraction of sp³-hybridized carbons (Fsp3) is 0.0909. The van der Waals surface area contributed by atoms with Gasteiger partial charge in [-0.1, -0.05) is 24.3 Å². The number of rotatable bonds is 2. The lowest BCUT2D eigenvalue weighted by Gasteiger charge is -2.08. The Bertz CT molecular complexity index is 708. The molecule has 2 aromatic carbocycles. The van der Waals surface area contributed by atoms with Gasteiger partial charge >= 0.3 is 0 Å². The van der Waals surface area contributed by atoms with Gasteiger partial charge in [-0.25, -0.2) is 13.9 Å². The molecule has 5 nitrogen and oxygen atoms in total. The van der Waals surface area contributed by atoms with Crippen LogP contribution in [0.3, 0.4) is 0 Å². The van der Waals surface area contributed by atoms with E-state index in [0.717, 1.165) is 6.26 Å². The van der Waals surface area contributed by atoms with Gasteiger partial charge in [0.05, 0.1) is 4.90 Å². The van der Waals surface area contributed by atoms with Crippen LogP contribution in [-0.2, 0) is 9.84 Å². The zero-order valence-corrected chi connectivity index (χ0v) is 9.82. The summed E-state index contributed by atoms with van der Waals surface area (Å²) in [6.07, 6.45) is 1.08. The predicted molar refractivity (Wildman–Crippen MR) is 63.5 cm³/mol. The van der Waals surface area contributed by atoms with Crippen molar-refractivity contribution in [2.45, 2.75) is 4.90 Å². The summed E-state index contributed by atoms with van der Waals surface area (Å²) in [4.78, 5) is 0.0666. The minimum absolute atomic E-state index is 0.0517. The summed E-state index contributed by atoms with van der Waals surface area (Å²) in [5.74, 6) is -0.178. The third-order valence-electron chi connectivity index (χ3n) is 2.48. The molecule has 6 heteroatoms. The second-order valence-electron chi connectivity index (χ2n) is 3.67. The van der Waals surface area contributed by atoms with Crippen LogP contribution in [0, 0.1) is 5.53 Å². The fourth-order valence-corrected chi connectivity index (χ4v) is 2.61. The molecule has 0 saturated heterocycles. The zero-order chi connectivity index (χ0) is 12.6. The van der Waals surface area contributed by atoms with Gasteiger partial charge in [0.1, 0.15) is 5.69 Å². The number of phenolic OH excluding ortho intramolecular Hbond substituents is 1. The molecule has 0 aliphatic rings. The van der Waals surface area contributed by atoms with Crippen molar-refractivity contribution in [2.75, 3.05) is 6.26 Å². The number of nitrogens with zero attached hydrogens (tertiary/aromatic N) is 1. The van der Waals surface area contributed by atoms with Crippen LogP contribution >= 0.6 is 0 Å². The molecule has 0 fully saturated rings. The summed E-state index contributed by atoms with van der Waals surface area (Å²) < 4.78 is 23.3. The van der Waals surface area contributed by atoms with Gasteiger partial charge in [-0.05, 0) is 6.07 Å². The molecule has 0 radical (unpaired) electrons. The normalized spacial score (nSPS) is 11.6. The van der Waals surface area contributed by atoms with Crippen LogP contribution in [-0.4, -0.2) is 19.8 Å². The summed E-state index contributed by atoms with van der Waals surface area (Å²) in [5, 5.41) is 13.8. The van der Waals surface area contributed by atoms with E-state index >= 15 is 0 Å². The molecule has 2 N–H and O–H groups in total. The third kappa shape index (κ3) is 1.87. The fourth-order valence-electron chi connectivity index (χ4n) is 1.70. The summed E-state index contributed by atoms with van der Waals surface area (Å²) in [6.45, 7) is 0. The Morgan fingerprint density at radius 3 is 2.35 bits per heavy atom. The standard InChI is InChI=1S/C11H10N2O3S/c1-17(15,16)10-6-9(13-12)11(14)8-5-3-2-4-7(8)10/h2-6,12,14H,1H3. The van der Waals surface area contributed by atoms with Gasteiger partial charge in [0, 0.05) is 17.0 Å². The largest absolute Gasteiger partial charge is 0.505 e. The van der Waals surface area contributed by atoms with Crippen molar-refractivity contribution in [3.8, 4) is 5.75 Å². The first kappa shape index (κ1) is 11.5. The Morgan fingerprint density at radius 2 is 1.82 bits per heavy atom. The predicted octanol–water partition coefficient (Wildman–Crippen LogP) is 2.61. The van der Waals surface area contributed by atoms with E-state index in [2.05, 4.69) is 5.11 Å². The van der Waals surface area contributed by atoms with E-state index in [-0.39, 0.29) is 16.3 Å². The van der Waals surface area contributed by atoms with Gasteiger partial charge in [0.25, 0.3) is 0 Å². The van der Waals surface area contributed by atoms with Gasteiger partial charge in [-0.3, -0.25) is 0 Å². The van der Waals surface area contributed by atoms with E-state index < -0.39 is 9.84 Å². The Hall–Kier alpha value is -1.95. The van der Waals surface area contributed by atoms with Crippen LogP contribution in [0.25, 0.3) is 10.8 Å². The third-order valence-corrected chi connectivity index (χ3v) is 3.61. The average molecular weight is 250 g/mol. The first-order valence-corrected chi connectivity index (χ1v) is 6.66. The molecule has 0 bridgehead atoms. The Balaban J connectivity index is 3.04. The highest BCUT2D eigenvalue weighted by Gasteiger charge is 2.17. The second kappa shape index (κ2) is 3.81. The molecule has 0 amide bonds. The maximum atomic E-state index is 11.6. The van der Waals surface area contributed by atoms with E-state index in [9.17, 15) is 13.5 Å². The minimum Gasteiger partial charge on any atom is -0.505 e. The lowest BCUT2D eigenvalue weighted by Crippen LogP contribution is -1.98. The monoisotopic (exact) mass is 250 g/mol. The van der Waals surface area contributed by atoms with E-state index in [1.807, 2.05) is 0 Å². The molecule has 17 heavy (non-hydrogen) atoms. The summed E-state index contributed by atoms with van der Waals surface area (Å²) >= 11 is 0. The molecule has 88 valence electrons. The SMILES string of the molecule is CS(=O)(=O)c1cc(N=N)c(O)c2ccccc12. The van der Waals surface area contributed by atoms with E-state index in [1.165, 1.54) is 6.07 Å². The Kier molecular flexibility index (Phi) is 2.59. The van der Waals surface area contributed by atoms with Crippen molar-refractivity contribution >= 4 is 26.3 Å². The molecule has 0 aliphatic heterocycles. The Morgan fingerprint density at radius 1 is 1.24 bits per heavy atom. The molecule has 0 atom stereocenters. The summed E-state index contributed by atoms with van der Waals surface area (Å²) in [7, 11) is -3.43. The lowest BCUT2D eigenvalue weighted by molar-refractivity contribution is 0.482. The second-order valence-corrected chi connectivity index (χ2v) is 5.66. The van der Waals surface area contributed by atoms with Crippen molar-refractivity contribution in [1.82, 2.24) is 0 Å². The van der Waals surface area contributed by atoms with E-state index in [0.29, 0.717) is 10.8 Å². The van der Waals surface area contributed by atoms with Crippen LogP contribution in [0.1, 0.15) is 0 Å². The molecule has 0 heterocycles. The van der Waals surface area contributed by atoms with Gasteiger partial charge in [0.2, 0.25) is 0 Å². The first-order valence-electron chi connectivity index (χ1n) is 4.77. The molecule has 0 aromatic heterocycles. The smallest absolute Gasteiger partial charge is 0.176 e. The average Bonchev–Trinajstić information content (AvgIpc) is 2.28. The minimum atomic E-state index is -3.43. The number of phenols is 1. The van der Waals surface area contributed by atoms with Crippen molar-refractivity contribution in [1.29, 1.82) is 5.53 Å². The summed E-state index contributed by atoms with van der Waals surface area (Å²) in [6, 6.07) is 7.78. The first-order chi connectivity index (χ1) is 7.95. The number of aromatic hydroxyl groups is 1. The zero-order valence-electron chi connectivity index (χ0n) is 9.01. The maximum absolute atomic E-state index is 11.6. The van der Waals surface area contributed by atoms with Crippen LogP contribution < -0.4 is 0 Å². The van der Waals surface area contributed by atoms with Crippen LogP contribution in [0.4, 0.5) is 5.69 Å². The van der Waals surface area contributed by atoms with Gasteiger partial charge in [-0.15, -0.1) is 0 Å². The van der Waals surface area contributed by atoms with Gasteiger partial charge < -0.3 is 5.11 Å². The molecular weight excluding hydrogens is 240 g/mol. The molecule has 2 rings (SSSR count). The number of nitrogens with one attached hydrogen (secondary N) is 1. The van der Waals surface area contributed by atoms with E-state index in [4.69, 9.17) is 5.53 Å². The van der Waals surface area contributed by atoms with Crippen molar-refractivity contribution in [3.05, 3.63) is 30.3 Å². The lowest BCUT2D eigenvalue weighted by atomic mass is 10.1. The van der Waals surface area contributed by atoms with Crippen molar-refractivity contribution in [3.63, 3.8) is 0 Å². The number of sulfone groups is 1. The summed E-state index contributed by atoms with van der Waals surface area (Å²) in [5.41, 5.74) is 6.88. The van der Waals surface area contributed by atoms with E-state index in [1.54, 1.807) is 24.3 Å². The molecule has 0 unspecified atom stereocenters. The highest BCUT2D eigenvalue weighted by molar-refractivity contribution is 7.91. The number of hydrogen-bond acceptors (Lipinski definition) is 5. The van der Waals surface area contributed by atoms with Crippen LogP contribution in [0.5, 0.6) is 5.75 Å². The maximum Gasteiger partial charge on any atom is 0.176 e. The van der Waals surface area contributed by atoms with Crippen LogP contribution in [0.15, 0.2) is 40.3 Å². The quantitative estimate of drug-likeness (QED) is 0.802.